The average molecular weight is 208 g/mol. The number of hydrogen-bond donors (Lipinski definition) is 1. The first-order valence-corrected chi connectivity index (χ1v) is 6.45. The number of ether oxygens (including phenoxy) is 1. The standard InChI is InChI=1S/C8H16O4S/c1-13(10,11)6-4-8(9)3-2-5-12-7-8/h9H,2-7H2,1H3. The summed E-state index contributed by atoms with van der Waals surface area (Å²) in [4.78, 5) is 0. The Labute approximate surface area is 78.8 Å². The summed E-state index contributed by atoms with van der Waals surface area (Å²) < 4.78 is 26.8. The van der Waals surface area contributed by atoms with Gasteiger partial charge in [0.2, 0.25) is 0 Å². The maximum atomic E-state index is 10.9. The maximum Gasteiger partial charge on any atom is 0.147 e. The van der Waals surface area contributed by atoms with Gasteiger partial charge in [0, 0.05) is 12.9 Å². The average Bonchev–Trinajstić information content (AvgIpc) is 2.02. The maximum absolute atomic E-state index is 10.9. The molecule has 1 atom stereocenters. The molecule has 1 unspecified atom stereocenters. The fraction of sp³-hybridized carbons (Fsp3) is 1.00. The molecule has 0 aliphatic carbocycles. The van der Waals surface area contributed by atoms with Gasteiger partial charge in [-0.2, -0.15) is 0 Å². The monoisotopic (exact) mass is 208 g/mol. The van der Waals surface area contributed by atoms with Gasteiger partial charge >= 0.3 is 0 Å². The lowest BCUT2D eigenvalue weighted by Crippen LogP contribution is -2.40. The van der Waals surface area contributed by atoms with Crippen molar-refractivity contribution in [3.05, 3.63) is 0 Å². The van der Waals surface area contributed by atoms with Crippen molar-refractivity contribution in [3.8, 4) is 0 Å². The van der Waals surface area contributed by atoms with Crippen LogP contribution in [-0.2, 0) is 14.6 Å². The molecule has 0 radical (unpaired) electrons. The second kappa shape index (κ2) is 3.94. The van der Waals surface area contributed by atoms with E-state index in [1.54, 1.807) is 0 Å². The highest BCUT2D eigenvalue weighted by atomic mass is 32.2. The molecule has 1 saturated heterocycles. The zero-order chi connectivity index (χ0) is 9.95. The molecular formula is C8H16O4S. The first kappa shape index (κ1) is 10.9. The van der Waals surface area contributed by atoms with Gasteiger partial charge in [0.05, 0.1) is 18.0 Å². The fourth-order valence-corrected chi connectivity index (χ4v) is 2.16. The lowest BCUT2D eigenvalue weighted by molar-refractivity contribution is -0.0863. The van der Waals surface area contributed by atoms with Crippen molar-refractivity contribution in [2.24, 2.45) is 0 Å². The SMILES string of the molecule is CS(=O)(=O)CCC1(O)CCCOC1. The van der Waals surface area contributed by atoms with Gasteiger partial charge in [0.15, 0.2) is 0 Å². The Balaban J connectivity index is 2.42. The Bertz CT molecular complexity index is 251. The van der Waals surface area contributed by atoms with Crippen molar-refractivity contribution in [1.82, 2.24) is 0 Å². The summed E-state index contributed by atoms with van der Waals surface area (Å²) in [5.41, 5.74) is -0.915. The van der Waals surface area contributed by atoms with Crippen LogP contribution in [0.1, 0.15) is 19.3 Å². The van der Waals surface area contributed by atoms with E-state index in [0.717, 1.165) is 6.42 Å². The molecule has 13 heavy (non-hydrogen) atoms. The molecule has 0 amide bonds. The van der Waals surface area contributed by atoms with E-state index in [1.807, 2.05) is 0 Å². The van der Waals surface area contributed by atoms with E-state index in [-0.39, 0.29) is 18.8 Å². The second-order valence-corrected chi connectivity index (χ2v) is 6.02. The second-order valence-electron chi connectivity index (χ2n) is 3.76. The van der Waals surface area contributed by atoms with Crippen molar-refractivity contribution < 1.29 is 18.3 Å². The van der Waals surface area contributed by atoms with Crippen molar-refractivity contribution in [2.45, 2.75) is 24.9 Å². The van der Waals surface area contributed by atoms with Crippen LogP contribution < -0.4 is 0 Å². The van der Waals surface area contributed by atoms with Gasteiger partial charge in [0.25, 0.3) is 0 Å². The lowest BCUT2D eigenvalue weighted by atomic mass is 9.94. The molecule has 0 aromatic rings. The molecule has 1 aliphatic heterocycles. The first-order valence-electron chi connectivity index (χ1n) is 4.39. The van der Waals surface area contributed by atoms with Crippen LogP contribution in [0.4, 0.5) is 0 Å². The van der Waals surface area contributed by atoms with E-state index in [9.17, 15) is 13.5 Å². The van der Waals surface area contributed by atoms with Crippen LogP contribution in [0.2, 0.25) is 0 Å². The van der Waals surface area contributed by atoms with E-state index < -0.39 is 15.4 Å². The fourth-order valence-electron chi connectivity index (χ4n) is 1.41. The summed E-state index contributed by atoms with van der Waals surface area (Å²) in [6.45, 7) is 0.934. The van der Waals surface area contributed by atoms with Crippen LogP contribution in [0.3, 0.4) is 0 Å². The molecule has 0 spiro atoms. The summed E-state index contributed by atoms with van der Waals surface area (Å²) in [7, 11) is -2.98. The Morgan fingerprint density at radius 2 is 2.23 bits per heavy atom. The van der Waals surface area contributed by atoms with E-state index in [1.165, 1.54) is 6.26 Å². The minimum absolute atomic E-state index is 0.0346. The van der Waals surface area contributed by atoms with Crippen LogP contribution >= 0.6 is 0 Å². The highest BCUT2D eigenvalue weighted by Crippen LogP contribution is 2.22. The topological polar surface area (TPSA) is 63.6 Å². The van der Waals surface area contributed by atoms with Crippen LogP contribution in [0.25, 0.3) is 0 Å². The number of rotatable bonds is 3. The number of aliphatic hydroxyl groups is 1. The summed E-state index contributed by atoms with van der Waals surface area (Å²) in [5.74, 6) is 0.0346. The third kappa shape index (κ3) is 4.06. The number of sulfone groups is 1. The summed E-state index contributed by atoms with van der Waals surface area (Å²) in [5, 5.41) is 9.85. The van der Waals surface area contributed by atoms with Gasteiger partial charge in [-0.05, 0) is 19.3 Å². The van der Waals surface area contributed by atoms with Crippen molar-refractivity contribution in [3.63, 3.8) is 0 Å². The summed E-state index contributed by atoms with van der Waals surface area (Å²) in [6, 6.07) is 0. The van der Waals surface area contributed by atoms with Crippen molar-refractivity contribution >= 4 is 9.84 Å². The molecule has 78 valence electrons. The molecule has 1 heterocycles. The quantitative estimate of drug-likeness (QED) is 0.707. The Hall–Kier alpha value is -0.130. The molecule has 1 fully saturated rings. The third-order valence-corrected chi connectivity index (χ3v) is 3.19. The van der Waals surface area contributed by atoms with Crippen LogP contribution in [0.5, 0.6) is 0 Å². The molecule has 1 rings (SSSR count). The van der Waals surface area contributed by atoms with E-state index in [4.69, 9.17) is 4.74 Å². The van der Waals surface area contributed by atoms with Gasteiger partial charge in [-0.3, -0.25) is 0 Å². The first-order chi connectivity index (χ1) is 5.91. The van der Waals surface area contributed by atoms with Crippen molar-refractivity contribution in [1.29, 1.82) is 0 Å². The largest absolute Gasteiger partial charge is 0.387 e. The van der Waals surface area contributed by atoms with E-state index >= 15 is 0 Å². The third-order valence-electron chi connectivity index (χ3n) is 2.24. The molecule has 5 heteroatoms. The van der Waals surface area contributed by atoms with Crippen LogP contribution in [-0.4, -0.2) is 44.3 Å². The van der Waals surface area contributed by atoms with Gasteiger partial charge in [-0.1, -0.05) is 0 Å². The van der Waals surface area contributed by atoms with Gasteiger partial charge < -0.3 is 9.84 Å². The van der Waals surface area contributed by atoms with Crippen LogP contribution in [0, 0.1) is 0 Å². The molecule has 0 saturated carbocycles. The predicted octanol–water partition coefficient (Wildman–Crippen LogP) is -0.0374. The Morgan fingerprint density at radius 3 is 2.69 bits per heavy atom. The van der Waals surface area contributed by atoms with Gasteiger partial charge in [-0.15, -0.1) is 0 Å². The summed E-state index contributed by atoms with van der Waals surface area (Å²) >= 11 is 0. The highest BCUT2D eigenvalue weighted by molar-refractivity contribution is 7.90. The zero-order valence-electron chi connectivity index (χ0n) is 7.82. The molecular weight excluding hydrogens is 192 g/mol. The van der Waals surface area contributed by atoms with Gasteiger partial charge in [-0.25, -0.2) is 8.42 Å². The molecule has 0 aromatic carbocycles. The number of hydrogen-bond acceptors (Lipinski definition) is 4. The van der Waals surface area contributed by atoms with Crippen LogP contribution in [0.15, 0.2) is 0 Å². The highest BCUT2D eigenvalue weighted by Gasteiger charge is 2.30. The van der Waals surface area contributed by atoms with Crippen molar-refractivity contribution in [2.75, 3.05) is 25.2 Å². The predicted molar refractivity (Wildman–Crippen MR) is 49.3 cm³/mol. The molecule has 4 nitrogen and oxygen atoms in total. The zero-order valence-corrected chi connectivity index (χ0v) is 8.64. The molecule has 0 bridgehead atoms. The van der Waals surface area contributed by atoms with E-state index in [0.29, 0.717) is 13.0 Å². The minimum atomic E-state index is -2.98. The molecule has 1 aliphatic rings. The molecule has 0 aromatic heterocycles. The Morgan fingerprint density at radius 1 is 1.54 bits per heavy atom. The van der Waals surface area contributed by atoms with Gasteiger partial charge in [0.1, 0.15) is 9.84 Å². The smallest absolute Gasteiger partial charge is 0.147 e. The summed E-state index contributed by atoms with van der Waals surface area (Å²) in [6.07, 6.45) is 2.91. The van der Waals surface area contributed by atoms with E-state index in [2.05, 4.69) is 0 Å². The minimum Gasteiger partial charge on any atom is -0.387 e. The Kier molecular flexibility index (Phi) is 3.32. The molecule has 1 N–H and O–H groups in total. The lowest BCUT2D eigenvalue weighted by Gasteiger charge is -2.31. The normalized spacial score (nSPS) is 30.3.